The molecule has 1 rings (SSSR count). The van der Waals surface area contributed by atoms with Gasteiger partial charge in [0.2, 0.25) is 11.8 Å². The van der Waals surface area contributed by atoms with E-state index in [2.05, 4.69) is 17.6 Å². The van der Waals surface area contributed by atoms with Gasteiger partial charge in [-0.25, -0.2) is 0 Å². The summed E-state index contributed by atoms with van der Waals surface area (Å²) < 4.78 is 0. The standard InChI is InChI=1S/C12H23N3O2/c1-3-6-13-9-12(17)14-11-4-7-15(8-5-11)10(2)16/h11,13H,3-9H2,1-2H3,(H,14,17). The fourth-order valence-corrected chi connectivity index (χ4v) is 2.00. The summed E-state index contributed by atoms with van der Waals surface area (Å²) in [5, 5.41) is 6.07. The molecule has 0 aromatic carbocycles. The Bertz CT molecular complexity index is 260. The van der Waals surface area contributed by atoms with Crippen LogP contribution in [-0.2, 0) is 9.59 Å². The van der Waals surface area contributed by atoms with E-state index < -0.39 is 0 Å². The van der Waals surface area contributed by atoms with Crippen LogP contribution in [0.15, 0.2) is 0 Å². The Hall–Kier alpha value is -1.10. The average Bonchev–Trinajstić information content (AvgIpc) is 2.30. The number of piperidine rings is 1. The van der Waals surface area contributed by atoms with Crippen LogP contribution in [0.3, 0.4) is 0 Å². The molecule has 1 aliphatic heterocycles. The van der Waals surface area contributed by atoms with Crippen LogP contribution < -0.4 is 10.6 Å². The zero-order valence-electron chi connectivity index (χ0n) is 10.8. The number of carbonyl (C=O) groups is 2. The van der Waals surface area contributed by atoms with Crippen LogP contribution in [-0.4, -0.2) is 48.9 Å². The fourth-order valence-electron chi connectivity index (χ4n) is 2.00. The minimum absolute atomic E-state index is 0.0553. The Labute approximate surface area is 103 Å². The number of hydrogen-bond acceptors (Lipinski definition) is 3. The lowest BCUT2D eigenvalue weighted by atomic mass is 10.1. The number of rotatable bonds is 5. The molecular formula is C12H23N3O2. The van der Waals surface area contributed by atoms with Crippen molar-refractivity contribution in [1.29, 1.82) is 0 Å². The highest BCUT2D eigenvalue weighted by Crippen LogP contribution is 2.09. The molecular weight excluding hydrogens is 218 g/mol. The van der Waals surface area contributed by atoms with Crippen molar-refractivity contribution < 1.29 is 9.59 Å². The minimum atomic E-state index is 0.0553. The highest BCUT2D eigenvalue weighted by atomic mass is 16.2. The number of amides is 2. The largest absolute Gasteiger partial charge is 0.352 e. The number of nitrogens with zero attached hydrogens (tertiary/aromatic N) is 1. The van der Waals surface area contributed by atoms with Crippen LogP contribution in [0.4, 0.5) is 0 Å². The molecule has 0 spiro atoms. The third-order valence-electron chi connectivity index (χ3n) is 3.02. The summed E-state index contributed by atoms with van der Waals surface area (Å²) in [6, 6.07) is 0.224. The van der Waals surface area contributed by atoms with Crippen LogP contribution in [0, 0.1) is 0 Å². The lowest BCUT2D eigenvalue weighted by Crippen LogP contribution is -2.47. The summed E-state index contributed by atoms with van der Waals surface area (Å²) in [6.07, 6.45) is 2.75. The van der Waals surface area contributed by atoms with Gasteiger partial charge in [-0.15, -0.1) is 0 Å². The molecule has 1 fully saturated rings. The van der Waals surface area contributed by atoms with Gasteiger partial charge in [0.05, 0.1) is 6.54 Å². The third kappa shape index (κ3) is 5.17. The van der Waals surface area contributed by atoms with E-state index in [9.17, 15) is 9.59 Å². The summed E-state index contributed by atoms with van der Waals surface area (Å²) in [4.78, 5) is 24.5. The monoisotopic (exact) mass is 241 g/mol. The molecule has 0 saturated carbocycles. The van der Waals surface area contributed by atoms with Crippen molar-refractivity contribution in [3.8, 4) is 0 Å². The maximum Gasteiger partial charge on any atom is 0.234 e. The number of nitrogens with one attached hydrogen (secondary N) is 2. The van der Waals surface area contributed by atoms with Gasteiger partial charge in [-0.3, -0.25) is 9.59 Å². The van der Waals surface area contributed by atoms with E-state index in [0.29, 0.717) is 6.54 Å². The van der Waals surface area contributed by atoms with Gasteiger partial charge in [0, 0.05) is 26.1 Å². The summed E-state index contributed by atoms with van der Waals surface area (Å²) in [7, 11) is 0. The molecule has 1 heterocycles. The molecule has 5 nitrogen and oxygen atoms in total. The normalized spacial score (nSPS) is 16.9. The van der Waals surface area contributed by atoms with Gasteiger partial charge in [0.1, 0.15) is 0 Å². The molecule has 0 aliphatic carbocycles. The maximum atomic E-state index is 11.5. The van der Waals surface area contributed by atoms with Crippen molar-refractivity contribution in [2.24, 2.45) is 0 Å². The molecule has 0 radical (unpaired) electrons. The van der Waals surface area contributed by atoms with Crippen LogP contribution in [0.2, 0.25) is 0 Å². The van der Waals surface area contributed by atoms with Gasteiger partial charge in [-0.05, 0) is 25.8 Å². The number of hydrogen-bond donors (Lipinski definition) is 2. The predicted octanol–water partition coefficient (Wildman–Crippen LogP) is 0.113. The molecule has 0 bridgehead atoms. The second-order valence-electron chi connectivity index (χ2n) is 4.52. The van der Waals surface area contributed by atoms with Crippen molar-refractivity contribution in [1.82, 2.24) is 15.5 Å². The number of likely N-dealkylation sites (tertiary alicyclic amines) is 1. The predicted molar refractivity (Wildman–Crippen MR) is 66.6 cm³/mol. The van der Waals surface area contributed by atoms with Gasteiger partial charge in [-0.1, -0.05) is 6.92 Å². The highest BCUT2D eigenvalue weighted by Gasteiger charge is 2.21. The Balaban J connectivity index is 2.17. The molecule has 0 atom stereocenters. The second-order valence-corrected chi connectivity index (χ2v) is 4.52. The molecule has 0 aromatic heterocycles. The van der Waals surface area contributed by atoms with Gasteiger partial charge in [0.25, 0.3) is 0 Å². The smallest absolute Gasteiger partial charge is 0.234 e. The van der Waals surface area contributed by atoms with Crippen LogP contribution in [0.1, 0.15) is 33.1 Å². The second kappa shape index (κ2) is 7.27. The summed E-state index contributed by atoms with van der Waals surface area (Å²) in [5.74, 6) is 0.180. The van der Waals surface area contributed by atoms with Gasteiger partial charge < -0.3 is 15.5 Å². The SMILES string of the molecule is CCCNCC(=O)NC1CCN(C(C)=O)CC1. The van der Waals surface area contributed by atoms with Crippen molar-refractivity contribution in [2.75, 3.05) is 26.2 Å². The summed E-state index contributed by atoms with van der Waals surface area (Å²) in [5.41, 5.74) is 0. The molecule has 1 saturated heterocycles. The quantitative estimate of drug-likeness (QED) is 0.672. The van der Waals surface area contributed by atoms with Crippen molar-refractivity contribution in [3.05, 3.63) is 0 Å². The third-order valence-corrected chi connectivity index (χ3v) is 3.02. The van der Waals surface area contributed by atoms with Crippen LogP contribution in [0.25, 0.3) is 0 Å². The molecule has 0 unspecified atom stereocenters. The minimum Gasteiger partial charge on any atom is -0.352 e. The van der Waals surface area contributed by atoms with Gasteiger partial charge >= 0.3 is 0 Å². The molecule has 2 N–H and O–H groups in total. The fraction of sp³-hybridized carbons (Fsp3) is 0.833. The lowest BCUT2D eigenvalue weighted by Gasteiger charge is -2.31. The maximum absolute atomic E-state index is 11.5. The zero-order chi connectivity index (χ0) is 12.7. The van der Waals surface area contributed by atoms with E-state index >= 15 is 0 Å². The first-order valence-corrected chi connectivity index (χ1v) is 6.39. The molecule has 17 heavy (non-hydrogen) atoms. The molecule has 2 amide bonds. The van der Waals surface area contributed by atoms with E-state index in [1.165, 1.54) is 0 Å². The van der Waals surface area contributed by atoms with E-state index in [4.69, 9.17) is 0 Å². The molecule has 5 heteroatoms. The highest BCUT2D eigenvalue weighted by molar-refractivity contribution is 5.78. The topological polar surface area (TPSA) is 61.4 Å². The number of carbonyl (C=O) groups excluding carboxylic acids is 2. The Morgan fingerprint density at radius 3 is 2.47 bits per heavy atom. The summed E-state index contributed by atoms with van der Waals surface area (Å²) >= 11 is 0. The Morgan fingerprint density at radius 1 is 1.29 bits per heavy atom. The first kappa shape index (κ1) is 14.0. The average molecular weight is 241 g/mol. The van der Waals surface area contributed by atoms with E-state index in [-0.39, 0.29) is 17.9 Å². The first-order valence-electron chi connectivity index (χ1n) is 6.39. The van der Waals surface area contributed by atoms with Gasteiger partial charge in [-0.2, -0.15) is 0 Å². The molecule has 0 aromatic rings. The Morgan fingerprint density at radius 2 is 1.94 bits per heavy atom. The first-order chi connectivity index (χ1) is 8.13. The summed E-state index contributed by atoms with van der Waals surface area (Å²) in [6.45, 7) is 6.43. The van der Waals surface area contributed by atoms with Crippen LogP contribution >= 0.6 is 0 Å². The van der Waals surface area contributed by atoms with E-state index in [1.54, 1.807) is 6.92 Å². The van der Waals surface area contributed by atoms with E-state index in [1.807, 2.05) is 4.90 Å². The van der Waals surface area contributed by atoms with Gasteiger partial charge in [0.15, 0.2) is 0 Å². The molecule has 1 aliphatic rings. The lowest BCUT2D eigenvalue weighted by molar-refractivity contribution is -0.130. The Kier molecular flexibility index (Phi) is 5.97. The molecule has 98 valence electrons. The van der Waals surface area contributed by atoms with E-state index in [0.717, 1.165) is 38.9 Å². The van der Waals surface area contributed by atoms with Crippen molar-refractivity contribution in [2.45, 2.75) is 39.2 Å². The zero-order valence-corrected chi connectivity index (χ0v) is 10.8. The van der Waals surface area contributed by atoms with Crippen LogP contribution in [0.5, 0.6) is 0 Å². The van der Waals surface area contributed by atoms with Crippen molar-refractivity contribution >= 4 is 11.8 Å². The van der Waals surface area contributed by atoms with Crippen molar-refractivity contribution in [3.63, 3.8) is 0 Å².